The Balaban J connectivity index is 1.66. The average molecular weight is 594 g/mol. The van der Waals surface area contributed by atoms with Crippen molar-refractivity contribution in [2.75, 3.05) is 33.2 Å². The highest BCUT2D eigenvalue weighted by Crippen LogP contribution is 2.32. The first kappa shape index (κ1) is 32.0. The Bertz CT molecular complexity index is 1200. The summed E-state index contributed by atoms with van der Waals surface area (Å²) in [6.07, 6.45) is -9.46. The SMILES string of the molecule is CN(CCN1CCC(n2nc(C(F)(F)F)cc2C(=O)NCc2ccccc2OC(F)(F)F)CC1)C(=O)OC(C)(C)C. The lowest BCUT2D eigenvalue weighted by atomic mass is 10.0. The number of rotatable bonds is 8. The molecule has 15 heteroatoms. The number of para-hydroxylation sites is 1. The Kier molecular flexibility index (Phi) is 9.82. The first-order chi connectivity index (χ1) is 18.9. The van der Waals surface area contributed by atoms with Crippen LogP contribution in [0.1, 0.15) is 61.4 Å². The van der Waals surface area contributed by atoms with Crippen LogP contribution in [-0.2, 0) is 17.5 Å². The number of hydrogen-bond acceptors (Lipinski definition) is 6. The normalized spacial score (nSPS) is 15.5. The molecule has 1 aromatic carbocycles. The van der Waals surface area contributed by atoms with E-state index in [1.807, 2.05) is 4.90 Å². The maximum Gasteiger partial charge on any atom is 0.573 e. The third-order valence-electron chi connectivity index (χ3n) is 6.26. The summed E-state index contributed by atoms with van der Waals surface area (Å²) < 4.78 is 89.0. The number of nitrogens with one attached hydrogen (secondary N) is 1. The van der Waals surface area contributed by atoms with Crippen LogP contribution < -0.4 is 10.1 Å². The van der Waals surface area contributed by atoms with Gasteiger partial charge in [0.1, 0.15) is 17.0 Å². The van der Waals surface area contributed by atoms with Gasteiger partial charge in [0, 0.05) is 51.4 Å². The van der Waals surface area contributed by atoms with Crippen LogP contribution in [0.25, 0.3) is 0 Å². The van der Waals surface area contributed by atoms with E-state index < -0.39 is 54.2 Å². The first-order valence-corrected chi connectivity index (χ1v) is 12.9. The van der Waals surface area contributed by atoms with Crippen molar-refractivity contribution in [1.29, 1.82) is 0 Å². The lowest BCUT2D eigenvalue weighted by Crippen LogP contribution is -2.42. The molecule has 41 heavy (non-hydrogen) atoms. The molecule has 0 unspecified atom stereocenters. The van der Waals surface area contributed by atoms with Crippen molar-refractivity contribution in [3.63, 3.8) is 0 Å². The molecule has 1 aliphatic rings. The minimum atomic E-state index is -4.96. The summed E-state index contributed by atoms with van der Waals surface area (Å²) in [5.74, 6) is -1.45. The smallest absolute Gasteiger partial charge is 0.444 e. The Hall–Kier alpha value is -3.49. The number of amides is 2. The molecule has 0 radical (unpaired) electrons. The molecule has 2 heterocycles. The number of nitrogens with zero attached hydrogens (tertiary/aromatic N) is 4. The van der Waals surface area contributed by atoms with Crippen LogP contribution in [0.4, 0.5) is 31.1 Å². The number of halogens is 6. The Morgan fingerprint density at radius 3 is 2.29 bits per heavy atom. The van der Waals surface area contributed by atoms with Gasteiger partial charge in [0.2, 0.25) is 0 Å². The van der Waals surface area contributed by atoms with Crippen LogP contribution in [0.5, 0.6) is 5.75 Å². The van der Waals surface area contributed by atoms with E-state index in [-0.39, 0.29) is 11.3 Å². The quantitative estimate of drug-likeness (QED) is 0.422. The predicted molar refractivity (Wildman–Crippen MR) is 135 cm³/mol. The molecule has 0 saturated carbocycles. The van der Waals surface area contributed by atoms with Crippen molar-refractivity contribution < 1.29 is 45.4 Å². The summed E-state index contributed by atoms with van der Waals surface area (Å²) >= 11 is 0. The summed E-state index contributed by atoms with van der Waals surface area (Å²) in [5, 5.41) is 6.05. The second kappa shape index (κ2) is 12.6. The minimum Gasteiger partial charge on any atom is -0.444 e. The van der Waals surface area contributed by atoms with E-state index in [0.29, 0.717) is 45.1 Å². The lowest BCUT2D eigenvalue weighted by molar-refractivity contribution is -0.274. The zero-order valence-corrected chi connectivity index (χ0v) is 23.1. The molecule has 0 spiro atoms. The van der Waals surface area contributed by atoms with Crippen molar-refractivity contribution in [3.05, 3.63) is 47.3 Å². The summed E-state index contributed by atoms with van der Waals surface area (Å²) in [6.45, 7) is 6.74. The van der Waals surface area contributed by atoms with Gasteiger partial charge in [0.15, 0.2) is 5.69 Å². The monoisotopic (exact) mass is 593 g/mol. The van der Waals surface area contributed by atoms with Gasteiger partial charge in [-0.25, -0.2) is 4.79 Å². The average Bonchev–Trinajstić information content (AvgIpc) is 3.31. The summed E-state index contributed by atoms with van der Waals surface area (Å²) in [5.41, 5.74) is -2.24. The molecule has 0 bridgehead atoms. The van der Waals surface area contributed by atoms with E-state index in [2.05, 4.69) is 15.2 Å². The highest BCUT2D eigenvalue weighted by atomic mass is 19.4. The van der Waals surface area contributed by atoms with Gasteiger partial charge in [-0.3, -0.25) is 9.48 Å². The van der Waals surface area contributed by atoms with E-state index in [4.69, 9.17) is 4.74 Å². The summed E-state index contributed by atoms with van der Waals surface area (Å²) in [6, 6.07) is 5.24. The fourth-order valence-electron chi connectivity index (χ4n) is 4.23. The summed E-state index contributed by atoms with van der Waals surface area (Å²) in [4.78, 5) is 28.6. The van der Waals surface area contributed by atoms with Crippen molar-refractivity contribution in [3.8, 4) is 5.75 Å². The van der Waals surface area contributed by atoms with E-state index >= 15 is 0 Å². The van der Waals surface area contributed by atoms with E-state index in [1.54, 1.807) is 27.8 Å². The van der Waals surface area contributed by atoms with Crippen LogP contribution in [0.3, 0.4) is 0 Å². The first-order valence-electron chi connectivity index (χ1n) is 12.9. The van der Waals surface area contributed by atoms with Gasteiger partial charge >= 0.3 is 18.6 Å². The molecule has 2 aromatic rings. The molecule has 2 amide bonds. The van der Waals surface area contributed by atoms with Crippen molar-refractivity contribution >= 4 is 12.0 Å². The fraction of sp³-hybridized carbons (Fsp3) is 0.577. The molecular weight excluding hydrogens is 560 g/mol. The predicted octanol–water partition coefficient (Wildman–Crippen LogP) is 5.23. The third-order valence-corrected chi connectivity index (χ3v) is 6.26. The number of likely N-dealkylation sites (N-methyl/N-ethyl adjacent to an activating group) is 1. The maximum atomic E-state index is 13.5. The van der Waals surface area contributed by atoms with Crippen molar-refractivity contribution in [1.82, 2.24) is 24.9 Å². The largest absolute Gasteiger partial charge is 0.573 e. The molecule has 1 fully saturated rings. The van der Waals surface area contributed by atoms with Gasteiger partial charge in [0.25, 0.3) is 5.91 Å². The van der Waals surface area contributed by atoms with Gasteiger partial charge in [0.05, 0.1) is 6.04 Å². The van der Waals surface area contributed by atoms with Gasteiger partial charge in [-0.2, -0.15) is 18.3 Å². The van der Waals surface area contributed by atoms with Gasteiger partial charge in [-0.15, -0.1) is 13.2 Å². The van der Waals surface area contributed by atoms with Crippen molar-refractivity contribution in [2.45, 2.75) is 64.3 Å². The van der Waals surface area contributed by atoms with E-state index in [9.17, 15) is 35.9 Å². The Labute approximate surface area is 233 Å². The topological polar surface area (TPSA) is 88.9 Å². The number of alkyl halides is 6. The standard InChI is InChI=1S/C26H33F6N5O4/c1-24(2,3)41-23(39)35(4)13-14-36-11-9-18(10-12-36)37-19(15-21(34-37)25(27,28)29)22(38)33-16-17-7-5-6-8-20(17)40-26(30,31)32/h5-8,15,18H,9-14,16H2,1-4H3,(H,33,38). The molecule has 0 aliphatic carbocycles. The number of hydrogen-bond donors (Lipinski definition) is 1. The number of ether oxygens (including phenoxy) is 2. The second-order valence-corrected chi connectivity index (χ2v) is 10.7. The zero-order valence-electron chi connectivity index (χ0n) is 23.1. The van der Waals surface area contributed by atoms with Crippen molar-refractivity contribution in [2.24, 2.45) is 0 Å². The summed E-state index contributed by atoms with van der Waals surface area (Å²) in [7, 11) is 1.61. The zero-order chi connectivity index (χ0) is 30.6. The van der Waals surface area contributed by atoms with Crippen LogP contribution in [0.15, 0.2) is 30.3 Å². The van der Waals surface area contributed by atoms with Crippen LogP contribution in [0, 0.1) is 0 Å². The molecule has 3 rings (SSSR count). The molecule has 1 aromatic heterocycles. The molecule has 9 nitrogen and oxygen atoms in total. The molecule has 1 saturated heterocycles. The number of aromatic nitrogens is 2. The maximum absolute atomic E-state index is 13.5. The minimum absolute atomic E-state index is 0.00931. The Morgan fingerprint density at radius 1 is 1.07 bits per heavy atom. The molecule has 1 aliphatic heterocycles. The van der Waals surface area contributed by atoms with Gasteiger partial charge < -0.3 is 24.6 Å². The molecule has 1 N–H and O–H groups in total. The van der Waals surface area contributed by atoms with Crippen LogP contribution in [0.2, 0.25) is 0 Å². The Morgan fingerprint density at radius 2 is 1.71 bits per heavy atom. The van der Waals surface area contributed by atoms with Crippen LogP contribution >= 0.6 is 0 Å². The fourth-order valence-corrected chi connectivity index (χ4v) is 4.23. The number of benzene rings is 1. The van der Waals surface area contributed by atoms with Crippen LogP contribution in [-0.4, -0.2) is 76.8 Å². The third kappa shape index (κ3) is 9.54. The van der Waals surface area contributed by atoms with E-state index in [1.165, 1.54) is 23.1 Å². The highest BCUT2D eigenvalue weighted by Gasteiger charge is 2.38. The molecule has 0 atom stereocenters. The van der Waals surface area contributed by atoms with Gasteiger partial charge in [-0.05, 0) is 39.7 Å². The lowest BCUT2D eigenvalue weighted by Gasteiger charge is -2.33. The number of carbonyl (C=O) groups excluding carboxylic acids is 2. The molecule has 228 valence electrons. The van der Waals surface area contributed by atoms with Gasteiger partial charge in [-0.1, -0.05) is 18.2 Å². The number of piperidine rings is 1. The highest BCUT2D eigenvalue weighted by molar-refractivity contribution is 5.92. The number of carbonyl (C=O) groups is 2. The number of likely N-dealkylation sites (tertiary alicyclic amines) is 1. The molecular formula is C26H33F6N5O4. The van der Waals surface area contributed by atoms with E-state index in [0.717, 1.165) is 10.7 Å². The second-order valence-electron chi connectivity index (χ2n) is 10.7.